The van der Waals surface area contributed by atoms with Crippen molar-refractivity contribution in [2.45, 2.75) is 53.2 Å². The van der Waals surface area contributed by atoms with Crippen LogP contribution in [0.5, 0.6) is 0 Å². The molecule has 1 aromatic heterocycles. The van der Waals surface area contributed by atoms with Gasteiger partial charge < -0.3 is 15.4 Å². The minimum atomic E-state index is -0.623. The number of hydrogen-bond donors (Lipinski definition) is 2. The van der Waals surface area contributed by atoms with Crippen LogP contribution >= 0.6 is 0 Å². The highest BCUT2D eigenvalue weighted by atomic mass is 16.5. The number of hydrogen-bond acceptors (Lipinski definition) is 6. The molecular weight excluding hydrogens is 362 g/mol. The number of carbonyl (C=O) groups is 1. The average molecular weight is 396 g/mol. The fraction of sp³-hybridized carbons (Fsp3) is 0.737. The zero-order valence-electron chi connectivity index (χ0n) is 17.4. The van der Waals surface area contributed by atoms with Crippen LogP contribution in [0.3, 0.4) is 0 Å². The molecule has 9 nitrogen and oxygen atoms in total. The summed E-state index contributed by atoms with van der Waals surface area (Å²) in [4.78, 5) is 43.7. The summed E-state index contributed by atoms with van der Waals surface area (Å²) in [6, 6.07) is 0. The van der Waals surface area contributed by atoms with Crippen LogP contribution in [-0.4, -0.2) is 59.2 Å². The Kier molecular flexibility index (Phi) is 7.82. The number of unbranched alkanes of at least 4 members (excludes halogenated alkanes) is 1. The summed E-state index contributed by atoms with van der Waals surface area (Å²) >= 11 is 0. The molecule has 2 heterocycles. The summed E-state index contributed by atoms with van der Waals surface area (Å²) in [5.41, 5.74) is 5.11. The molecule has 1 fully saturated rings. The molecule has 0 spiro atoms. The predicted octanol–water partition coefficient (Wildman–Crippen LogP) is 0.629. The van der Waals surface area contributed by atoms with Crippen molar-refractivity contribution in [3.63, 3.8) is 0 Å². The largest absolute Gasteiger partial charge is 0.383 e. The Balaban J connectivity index is 2.37. The molecule has 1 aromatic rings. The Morgan fingerprint density at radius 1 is 1.39 bits per heavy atom. The van der Waals surface area contributed by atoms with Gasteiger partial charge in [-0.25, -0.2) is 4.79 Å². The SMILES string of the molecule is CCCCN(C(=O)CN1CCOC(C)C1)c1c(N)n(CC(C)C)c(=O)[nH]c1=O. The second-order valence-electron chi connectivity index (χ2n) is 7.81. The van der Waals surface area contributed by atoms with E-state index in [2.05, 4.69) is 4.98 Å². The number of rotatable bonds is 8. The minimum Gasteiger partial charge on any atom is -0.383 e. The molecule has 1 aliphatic heterocycles. The van der Waals surface area contributed by atoms with Crippen LogP contribution in [0.1, 0.15) is 40.5 Å². The third kappa shape index (κ3) is 5.45. The smallest absolute Gasteiger partial charge is 0.330 e. The van der Waals surface area contributed by atoms with E-state index in [4.69, 9.17) is 10.5 Å². The van der Waals surface area contributed by atoms with Crippen LogP contribution in [0, 0.1) is 5.92 Å². The number of anilines is 2. The van der Waals surface area contributed by atoms with E-state index in [9.17, 15) is 14.4 Å². The van der Waals surface area contributed by atoms with E-state index < -0.39 is 11.2 Å². The van der Waals surface area contributed by atoms with Crippen molar-refractivity contribution in [1.82, 2.24) is 14.5 Å². The zero-order chi connectivity index (χ0) is 20.8. The lowest BCUT2D eigenvalue weighted by atomic mass is 10.2. The lowest BCUT2D eigenvalue weighted by Gasteiger charge is -2.32. The molecule has 9 heteroatoms. The molecular formula is C19H33N5O4. The number of aromatic amines is 1. The third-order valence-electron chi connectivity index (χ3n) is 4.75. The van der Waals surface area contributed by atoms with Crippen LogP contribution < -0.4 is 21.9 Å². The number of nitrogens with two attached hydrogens (primary N) is 1. The molecule has 0 aromatic carbocycles. The van der Waals surface area contributed by atoms with Gasteiger partial charge >= 0.3 is 5.69 Å². The maximum absolute atomic E-state index is 13.1. The molecule has 0 bridgehead atoms. The molecule has 28 heavy (non-hydrogen) atoms. The topological polar surface area (TPSA) is 114 Å². The highest BCUT2D eigenvalue weighted by molar-refractivity contribution is 5.96. The number of nitrogens with one attached hydrogen (secondary N) is 1. The fourth-order valence-corrected chi connectivity index (χ4v) is 3.37. The molecule has 1 atom stereocenters. The van der Waals surface area contributed by atoms with Gasteiger partial charge in [-0.3, -0.25) is 24.0 Å². The monoisotopic (exact) mass is 395 g/mol. The maximum Gasteiger partial charge on any atom is 0.330 e. The molecule has 0 aliphatic carbocycles. The van der Waals surface area contributed by atoms with Crippen molar-refractivity contribution >= 4 is 17.4 Å². The quantitative estimate of drug-likeness (QED) is 0.667. The van der Waals surface area contributed by atoms with Gasteiger partial charge in [-0.15, -0.1) is 0 Å². The van der Waals surface area contributed by atoms with E-state index in [-0.39, 0.29) is 36.0 Å². The number of nitrogens with zero attached hydrogens (tertiary/aromatic N) is 3. The highest BCUT2D eigenvalue weighted by Gasteiger charge is 2.27. The fourth-order valence-electron chi connectivity index (χ4n) is 3.37. The van der Waals surface area contributed by atoms with E-state index in [0.29, 0.717) is 32.8 Å². The lowest BCUT2D eigenvalue weighted by molar-refractivity contribution is -0.121. The van der Waals surface area contributed by atoms with Gasteiger partial charge in [0.15, 0.2) is 5.69 Å². The van der Waals surface area contributed by atoms with E-state index in [0.717, 1.165) is 12.8 Å². The molecule has 158 valence electrons. The summed E-state index contributed by atoms with van der Waals surface area (Å²) in [5.74, 6) is 0.00475. The maximum atomic E-state index is 13.1. The van der Waals surface area contributed by atoms with E-state index in [1.54, 1.807) is 0 Å². The van der Waals surface area contributed by atoms with Gasteiger partial charge in [0.1, 0.15) is 5.82 Å². The van der Waals surface area contributed by atoms with Crippen molar-refractivity contribution in [3.05, 3.63) is 20.8 Å². The first kappa shape index (κ1) is 22.2. The predicted molar refractivity (Wildman–Crippen MR) is 110 cm³/mol. The number of nitrogen functional groups attached to an aromatic ring is 1. The Morgan fingerprint density at radius 2 is 2.11 bits per heavy atom. The first-order chi connectivity index (χ1) is 13.2. The van der Waals surface area contributed by atoms with Gasteiger partial charge in [-0.2, -0.15) is 0 Å². The Labute approximate surface area is 165 Å². The number of carbonyl (C=O) groups excluding carboxylic acids is 1. The first-order valence-electron chi connectivity index (χ1n) is 10.0. The second kappa shape index (κ2) is 9.88. The zero-order valence-corrected chi connectivity index (χ0v) is 17.4. The van der Waals surface area contributed by atoms with Gasteiger partial charge in [0.25, 0.3) is 5.56 Å². The Hall–Kier alpha value is -2.13. The van der Waals surface area contributed by atoms with Crippen LogP contribution in [0.15, 0.2) is 9.59 Å². The van der Waals surface area contributed by atoms with Crippen molar-refractivity contribution in [2.75, 3.05) is 43.4 Å². The second-order valence-corrected chi connectivity index (χ2v) is 7.81. The van der Waals surface area contributed by atoms with Gasteiger partial charge in [-0.05, 0) is 19.3 Å². The molecule has 1 amide bonds. The Bertz CT molecular complexity index is 786. The van der Waals surface area contributed by atoms with Crippen LogP contribution in [0.4, 0.5) is 11.5 Å². The lowest BCUT2D eigenvalue weighted by Crippen LogP contribution is -2.49. The molecule has 1 unspecified atom stereocenters. The van der Waals surface area contributed by atoms with E-state index >= 15 is 0 Å². The molecule has 0 saturated carbocycles. The van der Waals surface area contributed by atoms with Gasteiger partial charge in [0, 0.05) is 26.2 Å². The Morgan fingerprint density at radius 3 is 2.71 bits per heavy atom. The number of ether oxygens (including phenoxy) is 1. The molecule has 1 saturated heterocycles. The van der Waals surface area contributed by atoms with Crippen LogP contribution in [0.2, 0.25) is 0 Å². The molecule has 0 radical (unpaired) electrons. The third-order valence-corrected chi connectivity index (χ3v) is 4.75. The summed E-state index contributed by atoms with van der Waals surface area (Å²) in [7, 11) is 0. The number of H-pyrrole nitrogens is 1. The summed E-state index contributed by atoms with van der Waals surface area (Å²) < 4.78 is 6.86. The average Bonchev–Trinajstić information content (AvgIpc) is 2.61. The highest BCUT2D eigenvalue weighted by Crippen LogP contribution is 2.19. The molecule has 3 N–H and O–H groups in total. The number of morpholine rings is 1. The number of aromatic nitrogens is 2. The normalized spacial score (nSPS) is 17.8. The van der Waals surface area contributed by atoms with Crippen molar-refractivity contribution in [3.8, 4) is 0 Å². The van der Waals surface area contributed by atoms with Crippen molar-refractivity contribution in [2.24, 2.45) is 5.92 Å². The van der Waals surface area contributed by atoms with Crippen molar-refractivity contribution in [1.29, 1.82) is 0 Å². The van der Waals surface area contributed by atoms with Crippen molar-refractivity contribution < 1.29 is 9.53 Å². The summed E-state index contributed by atoms with van der Waals surface area (Å²) in [5, 5.41) is 0. The van der Waals surface area contributed by atoms with E-state index in [1.165, 1.54) is 9.47 Å². The van der Waals surface area contributed by atoms with E-state index in [1.807, 2.05) is 32.6 Å². The first-order valence-corrected chi connectivity index (χ1v) is 10.0. The van der Waals surface area contributed by atoms with Gasteiger partial charge in [-0.1, -0.05) is 27.2 Å². The standard InChI is InChI=1S/C19H33N5O4/c1-5-6-7-23(15(25)12-22-8-9-28-14(4)11-22)16-17(20)24(10-13(2)3)19(27)21-18(16)26/h13-14H,5-12,20H2,1-4H3,(H,21,26,27). The van der Waals surface area contributed by atoms with Gasteiger partial charge in [0.05, 0.1) is 19.3 Å². The minimum absolute atomic E-state index is 0.0437. The van der Waals surface area contributed by atoms with Gasteiger partial charge in [0.2, 0.25) is 5.91 Å². The molecule has 1 aliphatic rings. The summed E-state index contributed by atoms with van der Waals surface area (Å²) in [6.45, 7) is 10.7. The number of amides is 1. The van der Waals surface area contributed by atoms with Crippen LogP contribution in [-0.2, 0) is 16.1 Å². The van der Waals surface area contributed by atoms with Crippen LogP contribution in [0.25, 0.3) is 0 Å². The molecule has 2 rings (SSSR count). The summed E-state index contributed by atoms with van der Waals surface area (Å²) in [6.07, 6.45) is 1.65.